The molecule has 0 amide bonds. The van der Waals surface area contributed by atoms with E-state index in [1.54, 1.807) is 6.20 Å². The minimum Gasteiger partial charge on any atom is -0.255 e. The van der Waals surface area contributed by atoms with Gasteiger partial charge in [-0.25, -0.2) is 9.97 Å². The number of rotatable bonds is 5. The van der Waals surface area contributed by atoms with Crippen molar-refractivity contribution in [1.29, 1.82) is 0 Å². The second-order valence-corrected chi connectivity index (χ2v) is 15.1. The molecule has 268 valence electrons. The van der Waals surface area contributed by atoms with Gasteiger partial charge in [0.05, 0.1) is 28.1 Å². The van der Waals surface area contributed by atoms with E-state index in [1.807, 2.05) is 24.3 Å². The molecule has 0 aliphatic heterocycles. The zero-order valence-corrected chi connectivity index (χ0v) is 31.4. The van der Waals surface area contributed by atoms with Crippen LogP contribution in [0.2, 0.25) is 0 Å². The summed E-state index contributed by atoms with van der Waals surface area (Å²) in [4.78, 5) is 14.8. The van der Waals surface area contributed by atoms with E-state index >= 15 is 0 Å². The molecule has 3 heteroatoms. The fourth-order valence-corrected chi connectivity index (χ4v) is 9.27. The molecule has 1 aliphatic rings. The van der Waals surface area contributed by atoms with Gasteiger partial charge >= 0.3 is 0 Å². The van der Waals surface area contributed by atoms with Crippen molar-refractivity contribution in [1.82, 2.24) is 15.0 Å². The molecule has 11 aromatic rings. The number of pyridine rings is 3. The highest BCUT2D eigenvalue weighted by Gasteiger charge is 2.31. The van der Waals surface area contributed by atoms with E-state index in [1.165, 1.54) is 77.2 Å². The van der Waals surface area contributed by atoms with E-state index in [0.717, 1.165) is 44.5 Å². The van der Waals surface area contributed by atoms with Crippen LogP contribution < -0.4 is 0 Å². The summed E-state index contributed by atoms with van der Waals surface area (Å²) in [6, 6.07) is 69.7. The molecule has 0 atom stereocenters. The van der Waals surface area contributed by atoms with Crippen molar-refractivity contribution in [2.24, 2.45) is 0 Å². The summed E-state index contributed by atoms with van der Waals surface area (Å²) >= 11 is 0. The van der Waals surface area contributed by atoms with Gasteiger partial charge in [-0.3, -0.25) is 4.98 Å². The summed E-state index contributed by atoms with van der Waals surface area (Å²) in [5, 5.41) is 7.22. The zero-order valence-electron chi connectivity index (χ0n) is 31.4. The Morgan fingerprint density at radius 3 is 1.43 bits per heavy atom. The second-order valence-electron chi connectivity index (χ2n) is 15.1. The highest BCUT2D eigenvalue weighted by Crippen LogP contribution is 2.58. The first-order valence-electron chi connectivity index (χ1n) is 19.8. The maximum absolute atomic E-state index is 5.22. The van der Waals surface area contributed by atoms with Crippen LogP contribution in [0, 0.1) is 0 Å². The van der Waals surface area contributed by atoms with Gasteiger partial charge in [-0.15, -0.1) is 0 Å². The van der Waals surface area contributed by atoms with Crippen molar-refractivity contribution in [2.75, 3.05) is 0 Å². The van der Waals surface area contributed by atoms with Gasteiger partial charge in [0.25, 0.3) is 0 Å². The van der Waals surface area contributed by atoms with Gasteiger partial charge in [0.1, 0.15) is 0 Å². The number of hydrogen-bond acceptors (Lipinski definition) is 3. The molecule has 8 aromatic carbocycles. The van der Waals surface area contributed by atoms with Crippen molar-refractivity contribution in [3.05, 3.63) is 200 Å². The maximum atomic E-state index is 5.22. The van der Waals surface area contributed by atoms with Crippen LogP contribution >= 0.6 is 0 Å². The first-order valence-corrected chi connectivity index (χ1v) is 19.8. The highest BCUT2D eigenvalue weighted by molar-refractivity contribution is 6.28. The van der Waals surface area contributed by atoms with E-state index < -0.39 is 0 Å². The molecular formula is C55H33N3. The third-order valence-electron chi connectivity index (χ3n) is 11.9. The summed E-state index contributed by atoms with van der Waals surface area (Å²) in [6.07, 6.45) is 1.80. The molecule has 12 rings (SSSR count). The fraction of sp³-hybridized carbons (Fsp3) is 0. The van der Waals surface area contributed by atoms with Crippen molar-refractivity contribution >= 4 is 43.4 Å². The molecular weight excluding hydrogens is 703 g/mol. The molecule has 0 bridgehead atoms. The Labute approximate surface area is 335 Å². The van der Waals surface area contributed by atoms with Gasteiger partial charge in [-0.1, -0.05) is 170 Å². The third-order valence-corrected chi connectivity index (χ3v) is 11.9. The normalized spacial score (nSPS) is 11.8. The lowest BCUT2D eigenvalue weighted by atomic mass is 9.82. The van der Waals surface area contributed by atoms with Gasteiger partial charge in [-0.05, 0) is 101 Å². The van der Waals surface area contributed by atoms with Crippen molar-refractivity contribution < 1.29 is 0 Å². The SMILES string of the molecule is c1ccc(-c2c3c(c(-c4ccccc4)c4ccccc24)-c2ccc(-c4ccc(-c5ccc6ccc7ccc(-c8ccccn8)nc7c6n5)cc4)c4cccc-3c24)cc1. The topological polar surface area (TPSA) is 38.7 Å². The molecule has 0 saturated carbocycles. The smallest absolute Gasteiger partial charge is 0.0973 e. The number of aromatic nitrogens is 3. The summed E-state index contributed by atoms with van der Waals surface area (Å²) in [7, 11) is 0. The predicted octanol–water partition coefficient (Wildman–Crippen LogP) is 14.5. The van der Waals surface area contributed by atoms with E-state index in [2.05, 4.69) is 175 Å². The summed E-state index contributed by atoms with van der Waals surface area (Å²) in [5.41, 5.74) is 18.1. The van der Waals surface area contributed by atoms with E-state index in [4.69, 9.17) is 9.97 Å². The van der Waals surface area contributed by atoms with Crippen molar-refractivity contribution in [3.63, 3.8) is 0 Å². The van der Waals surface area contributed by atoms with Crippen LogP contribution in [0.5, 0.6) is 0 Å². The van der Waals surface area contributed by atoms with Gasteiger partial charge < -0.3 is 0 Å². The monoisotopic (exact) mass is 735 g/mol. The lowest BCUT2D eigenvalue weighted by Crippen LogP contribution is -1.93. The zero-order chi connectivity index (χ0) is 38.2. The molecule has 0 radical (unpaired) electrons. The molecule has 3 heterocycles. The van der Waals surface area contributed by atoms with E-state index in [-0.39, 0.29) is 0 Å². The van der Waals surface area contributed by atoms with Crippen molar-refractivity contribution in [3.8, 4) is 78.3 Å². The Bertz CT molecular complexity index is 3320. The van der Waals surface area contributed by atoms with Crippen LogP contribution in [-0.2, 0) is 0 Å². The molecule has 0 N–H and O–H groups in total. The average molecular weight is 736 g/mol. The molecule has 3 nitrogen and oxygen atoms in total. The first kappa shape index (κ1) is 32.5. The van der Waals surface area contributed by atoms with Crippen LogP contribution in [-0.4, -0.2) is 15.0 Å². The molecule has 0 saturated heterocycles. The van der Waals surface area contributed by atoms with E-state index in [9.17, 15) is 0 Å². The molecule has 0 fully saturated rings. The Morgan fingerprint density at radius 1 is 0.276 bits per heavy atom. The molecule has 58 heavy (non-hydrogen) atoms. The predicted molar refractivity (Wildman–Crippen MR) is 241 cm³/mol. The number of nitrogens with zero attached hydrogens (tertiary/aromatic N) is 3. The first-order chi connectivity index (χ1) is 28.8. The second kappa shape index (κ2) is 12.9. The molecule has 0 unspecified atom stereocenters. The minimum absolute atomic E-state index is 0.839. The van der Waals surface area contributed by atoms with Gasteiger partial charge in [0.2, 0.25) is 0 Å². The number of hydrogen-bond donors (Lipinski definition) is 0. The van der Waals surface area contributed by atoms with Gasteiger partial charge in [0.15, 0.2) is 0 Å². The largest absolute Gasteiger partial charge is 0.255 e. The standard InChI is InChI=1S/C55H33N3/c1-3-12-36(13-4-1)49-42-16-7-8-17-43(42)50(37-14-5-2-6-15-37)53-45-30-29-40(41-18-11-19-44(51(41)45)52(49)53)34-21-23-35(24-22-34)46-31-27-38-25-26-39-28-32-48(47-20-9-10-33-56-47)58-55(39)54(38)57-46/h1-33H. The minimum atomic E-state index is 0.839. The fourth-order valence-electron chi connectivity index (χ4n) is 9.27. The van der Waals surface area contributed by atoms with Crippen LogP contribution in [0.3, 0.4) is 0 Å². The lowest BCUT2D eigenvalue weighted by Gasteiger charge is -2.20. The van der Waals surface area contributed by atoms with Crippen LogP contribution in [0.1, 0.15) is 0 Å². The Balaban J connectivity index is 1.01. The third kappa shape index (κ3) is 4.97. The summed E-state index contributed by atoms with van der Waals surface area (Å²) < 4.78 is 0. The Morgan fingerprint density at radius 2 is 0.793 bits per heavy atom. The van der Waals surface area contributed by atoms with Gasteiger partial charge in [0, 0.05) is 22.5 Å². The molecule has 1 aliphatic carbocycles. The van der Waals surface area contributed by atoms with Gasteiger partial charge in [-0.2, -0.15) is 0 Å². The summed E-state index contributed by atoms with van der Waals surface area (Å²) in [6.45, 7) is 0. The molecule has 0 spiro atoms. The average Bonchev–Trinajstić information content (AvgIpc) is 3.63. The maximum Gasteiger partial charge on any atom is 0.0973 e. The van der Waals surface area contributed by atoms with E-state index in [0.29, 0.717) is 0 Å². The highest BCUT2D eigenvalue weighted by atomic mass is 14.8. The quantitative estimate of drug-likeness (QED) is 0.165. The van der Waals surface area contributed by atoms with Crippen LogP contribution in [0.25, 0.3) is 122 Å². The molecule has 3 aromatic heterocycles. The lowest BCUT2D eigenvalue weighted by molar-refractivity contribution is 1.27. The Kier molecular flexibility index (Phi) is 7.23. The van der Waals surface area contributed by atoms with Crippen LogP contribution in [0.15, 0.2) is 200 Å². The van der Waals surface area contributed by atoms with Crippen LogP contribution in [0.4, 0.5) is 0 Å². The van der Waals surface area contributed by atoms with Crippen molar-refractivity contribution in [2.45, 2.75) is 0 Å². The Hall–Kier alpha value is -7.75. The number of fused-ring (bicyclic) bond motifs is 7. The summed E-state index contributed by atoms with van der Waals surface area (Å²) in [5.74, 6) is 0. The number of benzene rings is 8.